The summed E-state index contributed by atoms with van der Waals surface area (Å²) < 4.78 is 11.4. The van der Waals surface area contributed by atoms with Gasteiger partial charge < -0.3 is 14.6 Å². The molecule has 1 heterocycles. The third-order valence-corrected chi connectivity index (χ3v) is 3.80. The summed E-state index contributed by atoms with van der Waals surface area (Å²) in [7, 11) is 0. The lowest BCUT2D eigenvalue weighted by molar-refractivity contribution is 0.0690. The molecule has 0 radical (unpaired) electrons. The zero-order valence-corrected chi connectivity index (χ0v) is 14.4. The van der Waals surface area contributed by atoms with Gasteiger partial charge in [0.05, 0.1) is 0 Å². The van der Waals surface area contributed by atoms with Gasteiger partial charge in [-0.2, -0.15) is 4.98 Å². The number of pyridine rings is 1. The fourth-order valence-electron chi connectivity index (χ4n) is 2.44. The topological polar surface area (TPSA) is 68.7 Å². The number of hydrogen-bond acceptors (Lipinski definition) is 4. The lowest BCUT2D eigenvalue weighted by atomic mass is 10.2. The van der Waals surface area contributed by atoms with Crippen LogP contribution in [0.4, 0.5) is 0 Å². The highest BCUT2D eigenvalue weighted by molar-refractivity contribution is 5.90. The average molecular weight is 349 g/mol. The van der Waals surface area contributed by atoms with Gasteiger partial charge in [-0.3, -0.25) is 0 Å². The van der Waals surface area contributed by atoms with Crippen LogP contribution in [0, 0.1) is 6.92 Å². The number of hydrogen-bond donors (Lipinski definition) is 1. The normalized spacial score (nSPS) is 10.3. The SMILES string of the molecule is Cc1cc(C(=O)O)c(OCc2ccccc2)nc1OCc1ccccc1. The van der Waals surface area contributed by atoms with Crippen LogP contribution in [-0.2, 0) is 13.2 Å². The molecule has 3 aromatic rings. The smallest absolute Gasteiger partial charge is 0.341 e. The maximum atomic E-state index is 11.5. The molecule has 1 N–H and O–H groups in total. The van der Waals surface area contributed by atoms with E-state index in [1.54, 1.807) is 6.92 Å². The van der Waals surface area contributed by atoms with Crippen molar-refractivity contribution in [2.75, 3.05) is 0 Å². The molecule has 5 nitrogen and oxygen atoms in total. The molecule has 0 aliphatic carbocycles. The number of carboxylic acids is 1. The van der Waals surface area contributed by atoms with Crippen LogP contribution >= 0.6 is 0 Å². The van der Waals surface area contributed by atoms with Crippen molar-refractivity contribution in [3.05, 3.63) is 89.0 Å². The van der Waals surface area contributed by atoms with Crippen LogP contribution < -0.4 is 9.47 Å². The van der Waals surface area contributed by atoms with Gasteiger partial charge in [-0.25, -0.2) is 4.79 Å². The van der Waals surface area contributed by atoms with Gasteiger partial charge in [0.25, 0.3) is 0 Å². The first-order valence-corrected chi connectivity index (χ1v) is 8.22. The number of ether oxygens (including phenoxy) is 2. The van der Waals surface area contributed by atoms with E-state index >= 15 is 0 Å². The second kappa shape index (κ2) is 8.16. The average Bonchev–Trinajstić information content (AvgIpc) is 2.67. The molecule has 0 bridgehead atoms. The molecule has 5 heteroatoms. The number of carbonyl (C=O) groups is 1. The van der Waals surface area contributed by atoms with Gasteiger partial charge in [0.2, 0.25) is 11.8 Å². The zero-order valence-electron chi connectivity index (χ0n) is 14.4. The number of carboxylic acid groups (broad SMARTS) is 1. The van der Waals surface area contributed by atoms with Crippen LogP contribution in [0.1, 0.15) is 27.0 Å². The first-order valence-electron chi connectivity index (χ1n) is 8.22. The molecule has 26 heavy (non-hydrogen) atoms. The molecule has 2 aromatic carbocycles. The molecule has 0 saturated carbocycles. The molecule has 0 atom stereocenters. The van der Waals surface area contributed by atoms with E-state index in [-0.39, 0.29) is 18.1 Å². The Kier molecular flexibility index (Phi) is 5.49. The predicted molar refractivity (Wildman–Crippen MR) is 97.5 cm³/mol. The standard InChI is InChI=1S/C21H19NO4/c1-15-12-18(21(23)24)20(26-14-17-10-6-3-7-11-17)22-19(15)25-13-16-8-4-2-5-9-16/h2-12H,13-14H2,1H3,(H,23,24). The molecule has 3 rings (SSSR count). The van der Waals surface area contributed by atoms with Gasteiger partial charge in [-0.05, 0) is 24.1 Å². The highest BCUT2D eigenvalue weighted by atomic mass is 16.5. The highest BCUT2D eigenvalue weighted by Crippen LogP contribution is 2.26. The second-order valence-electron chi connectivity index (χ2n) is 5.82. The lowest BCUT2D eigenvalue weighted by Crippen LogP contribution is -2.08. The number of aromatic nitrogens is 1. The van der Waals surface area contributed by atoms with E-state index in [1.807, 2.05) is 60.7 Å². The highest BCUT2D eigenvalue weighted by Gasteiger charge is 2.17. The minimum Gasteiger partial charge on any atom is -0.477 e. The van der Waals surface area contributed by atoms with Gasteiger partial charge in [0.15, 0.2) is 0 Å². The summed E-state index contributed by atoms with van der Waals surface area (Å²) >= 11 is 0. The Bertz CT molecular complexity index is 879. The predicted octanol–water partition coefficient (Wildman–Crippen LogP) is 4.25. The number of aryl methyl sites for hydroxylation is 1. The summed E-state index contributed by atoms with van der Waals surface area (Å²) in [6.45, 7) is 2.34. The molecule has 1 aromatic heterocycles. The molecular weight excluding hydrogens is 330 g/mol. The van der Waals surface area contributed by atoms with E-state index in [4.69, 9.17) is 9.47 Å². The molecular formula is C21H19NO4. The van der Waals surface area contributed by atoms with Gasteiger partial charge in [0.1, 0.15) is 18.8 Å². The summed E-state index contributed by atoms with van der Waals surface area (Å²) in [5.74, 6) is -0.671. The Hall–Kier alpha value is -3.34. The van der Waals surface area contributed by atoms with E-state index in [9.17, 15) is 9.90 Å². The molecule has 0 spiro atoms. The number of nitrogens with zero attached hydrogens (tertiary/aromatic N) is 1. The van der Waals surface area contributed by atoms with Crippen LogP contribution in [-0.4, -0.2) is 16.1 Å². The molecule has 0 aliphatic heterocycles. The summed E-state index contributed by atoms with van der Waals surface area (Å²) in [5, 5.41) is 9.43. The Morgan fingerprint density at radius 1 is 0.885 bits per heavy atom. The fraction of sp³-hybridized carbons (Fsp3) is 0.143. The minimum absolute atomic E-state index is 0.0190. The molecule has 0 fully saturated rings. The van der Waals surface area contributed by atoms with E-state index in [1.165, 1.54) is 6.07 Å². The summed E-state index contributed by atoms with van der Waals surface area (Å²) in [5.41, 5.74) is 2.59. The van der Waals surface area contributed by atoms with Crippen molar-refractivity contribution in [3.63, 3.8) is 0 Å². The van der Waals surface area contributed by atoms with E-state index in [2.05, 4.69) is 4.98 Å². The van der Waals surface area contributed by atoms with Crippen LogP contribution in [0.5, 0.6) is 11.8 Å². The van der Waals surface area contributed by atoms with E-state index in [0.717, 1.165) is 11.1 Å². The van der Waals surface area contributed by atoms with Gasteiger partial charge >= 0.3 is 5.97 Å². The van der Waals surface area contributed by atoms with Crippen molar-refractivity contribution in [2.45, 2.75) is 20.1 Å². The molecule has 0 saturated heterocycles. The van der Waals surface area contributed by atoms with Gasteiger partial charge in [-0.1, -0.05) is 60.7 Å². The van der Waals surface area contributed by atoms with Gasteiger partial charge in [0, 0.05) is 5.56 Å². The van der Waals surface area contributed by atoms with Crippen molar-refractivity contribution in [1.29, 1.82) is 0 Å². The summed E-state index contributed by atoms with van der Waals surface area (Å²) in [4.78, 5) is 15.8. The minimum atomic E-state index is -1.08. The summed E-state index contributed by atoms with van der Waals surface area (Å²) in [6.07, 6.45) is 0. The molecule has 0 amide bonds. The Balaban J connectivity index is 1.80. The van der Waals surface area contributed by atoms with Crippen molar-refractivity contribution in [1.82, 2.24) is 4.98 Å². The van der Waals surface area contributed by atoms with Crippen LogP contribution in [0.25, 0.3) is 0 Å². The van der Waals surface area contributed by atoms with Crippen LogP contribution in [0.15, 0.2) is 66.7 Å². The van der Waals surface area contributed by atoms with Crippen molar-refractivity contribution < 1.29 is 19.4 Å². The molecule has 0 unspecified atom stereocenters. The number of aromatic carboxylic acids is 1. The largest absolute Gasteiger partial charge is 0.477 e. The van der Waals surface area contributed by atoms with Crippen molar-refractivity contribution in [3.8, 4) is 11.8 Å². The summed E-state index contributed by atoms with van der Waals surface area (Å²) in [6, 6.07) is 20.7. The van der Waals surface area contributed by atoms with E-state index in [0.29, 0.717) is 18.1 Å². The first kappa shape index (κ1) is 17.5. The van der Waals surface area contributed by atoms with Crippen molar-refractivity contribution in [2.24, 2.45) is 0 Å². The maximum absolute atomic E-state index is 11.5. The Labute approximate surface area is 151 Å². The quantitative estimate of drug-likeness (QED) is 0.691. The zero-order chi connectivity index (χ0) is 18.4. The van der Waals surface area contributed by atoms with E-state index < -0.39 is 5.97 Å². The monoisotopic (exact) mass is 349 g/mol. The molecule has 0 aliphatic rings. The second-order valence-corrected chi connectivity index (χ2v) is 5.82. The van der Waals surface area contributed by atoms with Gasteiger partial charge in [-0.15, -0.1) is 0 Å². The number of rotatable bonds is 7. The number of benzene rings is 2. The fourth-order valence-corrected chi connectivity index (χ4v) is 2.44. The van der Waals surface area contributed by atoms with Crippen LogP contribution in [0.2, 0.25) is 0 Å². The maximum Gasteiger partial charge on any atom is 0.341 e. The van der Waals surface area contributed by atoms with Crippen molar-refractivity contribution >= 4 is 5.97 Å². The Morgan fingerprint density at radius 2 is 1.38 bits per heavy atom. The third kappa shape index (κ3) is 4.39. The third-order valence-electron chi connectivity index (χ3n) is 3.80. The Morgan fingerprint density at radius 3 is 1.88 bits per heavy atom. The van der Waals surface area contributed by atoms with Crippen LogP contribution in [0.3, 0.4) is 0 Å². The first-order chi connectivity index (χ1) is 12.6. The molecule has 132 valence electrons. The lowest BCUT2D eigenvalue weighted by Gasteiger charge is -2.13.